The zero-order chi connectivity index (χ0) is 15.1. The molecule has 1 N–H and O–H groups in total. The summed E-state index contributed by atoms with van der Waals surface area (Å²) >= 11 is 0. The minimum absolute atomic E-state index is 0.0166. The standard InChI is InChI=1S/C13H17N3O4/c1-9(2)15-10(7-14)8-20-13-6-11(19-3)4-5-12(13)16(17)18/h4-6,9-10,15H,8H2,1-3H3. The van der Waals surface area contributed by atoms with Crippen molar-refractivity contribution in [1.29, 1.82) is 5.26 Å². The van der Waals surface area contributed by atoms with Gasteiger partial charge in [0.1, 0.15) is 18.4 Å². The average molecular weight is 279 g/mol. The predicted octanol–water partition coefficient (Wildman–Crippen LogP) is 1.87. The van der Waals surface area contributed by atoms with Crippen LogP contribution < -0.4 is 14.8 Å². The van der Waals surface area contributed by atoms with Gasteiger partial charge in [0.25, 0.3) is 0 Å². The van der Waals surface area contributed by atoms with Gasteiger partial charge in [0.15, 0.2) is 0 Å². The summed E-state index contributed by atoms with van der Waals surface area (Å²) in [4.78, 5) is 10.4. The highest BCUT2D eigenvalue weighted by molar-refractivity contribution is 5.50. The fourth-order valence-corrected chi connectivity index (χ4v) is 1.59. The first-order valence-electron chi connectivity index (χ1n) is 6.08. The molecule has 20 heavy (non-hydrogen) atoms. The van der Waals surface area contributed by atoms with Crippen molar-refractivity contribution in [2.45, 2.75) is 25.9 Å². The molecule has 0 fully saturated rings. The van der Waals surface area contributed by atoms with Gasteiger partial charge >= 0.3 is 5.69 Å². The number of benzene rings is 1. The van der Waals surface area contributed by atoms with E-state index in [2.05, 4.69) is 5.32 Å². The van der Waals surface area contributed by atoms with E-state index in [1.54, 1.807) is 0 Å². The summed E-state index contributed by atoms with van der Waals surface area (Å²) in [5, 5.41) is 22.9. The van der Waals surface area contributed by atoms with E-state index in [0.29, 0.717) is 5.75 Å². The molecule has 0 saturated heterocycles. The molecular formula is C13H17N3O4. The Labute approximate surface area is 117 Å². The van der Waals surface area contributed by atoms with Crippen LogP contribution in [0.15, 0.2) is 18.2 Å². The molecule has 7 heteroatoms. The Balaban J connectivity index is 2.84. The Morgan fingerprint density at radius 1 is 1.50 bits per heavy atom. The third-order valence-corrected chi connectivity index (χ3v) is 2.46. The summed E-state index contributed by atoms with van der Waals surface area (Å²) in [7, 11) is 1.46. The van der Waals surface area contributed by atoms with Crippen molar-refractivity contribution in [3.05, 3.63) is 28.3 Å². The largest absolute Gasteiger partial charge is 0.497 e. The van der Waals surface area contributed by atoms with E-state index >= 15 is 0 Å². The molecule has 1 atom stereocenters. The summed E-state index contributed by atoms with van der Waals surface area (Å²) in [6.45, 7) is 3.82. The lowest BCUT2D eigenvalue weighted by atomic mass is 10.2. The Bertz CT molecular complexity index is 511. The van der Waals surface area contributed by atoms with Gasteiger partial charge in [0.05, 0.1) is 18.1 Å². The highest BCUT2D eigenvalue weighted by Crippen LogP contribution is 2.31. The van der Waals surface area contributed by atoms with Gasteiger partial charge in [0, 0.05) is 18.2 Å². The summed E-state index contributed by atoms with van der Waals surface area (Å²) in [6.07, 6.45) is 0. The van der Waals surface area contributed by atoms with E-state index in [1.165, 1.54) is 25.3 Å². The second-order valence-electron chi connectivity index (χ2n) is 4.40. The highest BCUT2D eigenvalue weighted by atomic mass is 16.6. The van der Waals surface area contributed by atoms with Gasteiger partial charge in [-0.2, -0.15) is 5.26 Å². The monoisotopic (exact) mass is 279 g/mol. The van der Waals surface area contributed by atoms with E-state index in [9.17, 15) is 10.1 Å². The fraction of sp³-hybridized carbons (Fsp3) is 0.462. The van der Waals surface area contributed by atoms with Crippen LogP contribution >= 0.6 is 0 Å². The van der Waals surface area contributed by atoms with Crippen LogP contribution in [0.1, 0.15) is 13.8 Å². The molecular weight excluding hydrogens is 262 g/mol. The summed E-state index contributed by atoms with van der Waals surface area (Å²) in [6, 6.07) is 5.85. The smallest absolute Gasteiger partial charge is 0.311 e. The van der Waals surface area contributed by atoms with Gasteiger partial charge in [-0.25, -0.2) is 0 Å². The van der Waals surface area contributed by atoms with Crippen molar-refractivity contribution >= 4 is 5.69 Å². The van der Waals surface area contributed by atoms with Gasteiger partial charge in [-0.3, -0.25) is 15.4 Å². The number of nitrogens with zero attached hydrogens (tertiary/aromatic N) is 2. The van der Waals surface area contributed by atoms with E-state index < -0.39 is 11.0 Å². The van der Waals surface area contributed by atoms with Gasteiger partial charge < -0.3 is 9.47 Å². The lowest BCUT2D eigenvalue weighted by molar-refractivity contribution is -0.385. The third kappa shape index (κ3) is 4.40. The fourth-order valence-electron chi connectivity index (χ4n) is 1.59. The lowest BCUT2D eigenvalue weighted by Gasteiger charge is -2.15. The second kappa shape index (κ2) is 7.31. The van der Waals surface area contributed by atoms with Crippen LogP contribution in [-0.4, -0.2) is 30.7 Å². The maximum Gasteiger partial charge on any atom is 0.311 e. The van der Waals surface area contributed by atoms with Crippen LogP contribution in [0.2, 0.25) is 0 Å². The number of ether oxygens (including phenoxy) is 2. The number of nitrogens with one attached hydrogen (secondary N) is 1. The minimum Gasteiger partial charge on any atom is -0.497 e. The Hall–Kier alpha value is -2.33. The van der Waals surface area contributed by atoms with Gasteiger partial charge in [-0.15, -0.1) is 0 Å². The van der Waals surface area contributed by atoms with Crippen LogP contribution in [-0.2, 0) is 0 Å². The maximum atomic E-state index is 10.9. The Morgan fingerprint density at radius 3 is 2.70 bits per heavy atom. The zero-order valence-electron chi connectivity index (χ0n) is 11.6. The first kappa shape index (κ1) is 15.7. The van der Waals surface area contributed by atoms with E-state index in [4.69, 9.17) is 14.7 Å². The maximum absolute atomic E-state index is 10.9. The van der Waals surface area contributed by atoms with Crippen LogP contribution in [0.4, 0.5) is 5.69 Å². The number of methoxy groups -OCH3 is 1. The van der Waals surface area contributed by atoms with Crippen molar-refractivity contribution in [1.82, 2.24) is 5.32 Å². The van der Waals surface area contributed by atoms with Crippen LogP contribution in [0.25, 0.3) is 0 Å². The Morgan fingerprint density at radius 2 is 2.20 bits per heavy atom. The SMILES string of the molecule is COc1ccc([N+](=O)[O-])c(OCC(C#N)NC(C)C)c1. The molecule has 0 saturated carbocycles. The minimum atomic E-state index is -0.541. The number of nitro groups is 1. The van der Waals surface area contributed by atoms with Crippen molar-refractivity contribution in [3.8, 4) is 17.6 Å². The Kier molecular flexibility index (Phi) is 5.74. The molecule has 0 aliphatic carbocycles. The van der Waals surface area contributed by atoms with Crippen LogP contribution in [0.5, 0.6) is 11.5 Å². The van der Waals surface area contributed by atoms with Crippen LogP contribution in [0.3, 0.4) is 0 Å². The second-order valence-corrected chi connectivity index (χ2v) is 4.40. The van der Waals surface area contributed by atoms with Crippen molar-refractivity contribution < 1.29 is 14.4 Å². The number of nitriles is 1. The molecule has 0 aromatic heterocycles. The molecule has 1 aromatic carbocycles. The molecule has 0 amide bonds. The topological polar surface area (TPSA) is 97.4 Å². The highest BCUT2D eigenvalue weighted by Gasteiger charge is 2.18. The molecule has 0 aliphatic rings. The number of nitro benzene ring substituents is 1. The normalized spacial score (nSPS) is 11.8. The average Bonchev–Trinajstić information content (AvgIpc) is 2.42. The molecule has 1 aromatic rings. The quantitative estimate of drug-likeness (QED) is 0.604. The molecule has 1 rings (SSSR count). The molecule has 108 valence electrons. The molecule has 0 spiro atoms. The van der Waals surface area contributed by atoms with Gasteiger partial charge in [0.2, 0.25) is 5.75 Å². The van der Waals surface area contributed by atoms with Crippen molar-refractivity contribution in [2.75, 3.05) is 13.7 Å². The van der Waals surface area contributed by atoms with E-state index in [1.807, 2.05) is 19.9 Å². The van der Waals surface area contributed by atoms with Gasteiger partial charge in [-0.05, 0) is 19.9 Å². The number of rotatable bonds is 7. The molecule has 0 aliphatic heterocycles. The van der Waals surface area contributed by atoms with Gasteiger partial charge in [-0.1, -0.05) is 0 Å². The van der Waals surface area contributed by atoms with Crippen LogP contribution in [0, 0.1) is 21.4 Å². The van der Waals surface area contributed by atoms with Crippen molar-refractivity contribution in [2.24, 2.45) is 0 Å². The molecule has 0 radical (unpaired) electrons. The predicted molar refractivity (Wildman–Crippen MR) is 72.8 cm³/mol. The summed E-state index contributed by atoms with van der Waals surface area (Å²) in [5.41, 5.74) is -0.160. The molecule has 0 heterocycles. The lowest BCUT2D eigenvalue weighted by Crippen LogP contribution is -2.38. The van der Waals surface area contributed by atoms with E-state index in [-0.39, 0.29) is 24.1 Å². The van der Waals surface area contributed by atoms with E-state index in [0.717, 1.165) is 0 Å². The zero-order valence-corrected chi connectivity index (χ0v) is 11.6. The number of hydrogen-bond donors (Lipinski definition) is 1. The number of hydrogen-bond acceptors (Lipinski definition) is 6. The molecule has 1 unspecified atom stereocenters. The first-order chi connectivity index (χ1) is 9.47. The third-order valence-electron chi connectivity index (χ3n) is 2.46. The molecule has 0 bridgehead atoms. The summed E-state index contributed by atoms with van der Waals surface area (Å²) in [5.74, 6) is 0.538. The van der Waals surface area contributed by atoms with Crippen molar-refractivity contribution in [3.63, 3.8) is 0 Å². The summed E-state index contributed by atoms with van der Waals surface area (Å²) < 4.78 is 10.4. The molecule has 7 nitrogen and oxygen atoms in total. The first-order valence-corrected chi connectivity index (χ1v) is 6.08.